The molecule has 0 aliphatic rings. The highest BCUT2D eigenvalue weighted by Gasteiger charge is 2.30. The van der Waals surface area contributed by atoms with Gasteiger partial charge in [0.15, 0.2) is 0 Å². The topological polar surface area (TPSA) is 104 Å². The molecule has 3 aromatic rings. The highest BCUT2D eigenvalue weighted by atomic mass is 32.2. The molecule has 3 N–H and O–H groups in total. The first kappa shape index (κ1) is 27.0. The Bertz CT molecular complexity index is 1110. The van der Waals surface area contributed by atoms with Gasteiger partial charge < -0.3 is 15.5 Å². The lowest BCUT2D eigenvalue weighted by Gasteiger charge is -2.23. The first-order chi connectivity index (χ1) is 17.4. The number of nitrogens with one attached hydrogen (secondary N) is 1. The molecule has 6 nitrogen and oxygen atoms in total. The molecule has 3 aromatic carbocycles. The van der Waals surface area contributed by atoms with Crippen molar-refractivity contribution in [2.45, 2.75) is 31.1 Å². The van der Waals surface area contributed by atoms with Crippen LogP contribution in [-0.4, -0.2) is 39.9 Å². The quantitative estimate of drug-likeness (QED) is 0.294. The van der Waals surface area contributed by atoms with Crippen LogP contribution < -0.4 is 5.32 Å². The number of hydrogen-bond donors (Lipinski definition) is 3. The molecule has 0 spiro atoms. The molecule has 3 rings (SSSR count). The standard InChI is InChI=1S/C29H31NO5S/c31-27(30-26(29(34)35)20-36-19-23-14-8-3-9-15-23)24(16-21-10-4-1-5-11-21)18-25(28(32)33)17-22-12-6-2-7-13-22/h1-15,24-26H,16-20H2,(H,30,31)(H,32,33)(H,34,35)/t24?,25?,26-/m0/s1. The summed E-state index contributed by atoms with van der Waals surface area (Å²) in [7, 11) is 0. The van der Waals surface area contributed by atoms with Gasteiger partial charge in [0.1, 0.15) is 6.04 Å². The summed E-state index contributed by atoms with van der Waals surface area (Å²) in [6, 6.07) is 27.3. The van der Waals surface area contributed by atoms with E-state index in [0.29, 0.717) is 18.6 Å². The summed E-state index contributed by atoms with van der Waals surface area (Å²) in [4.78, 5) is 37.3. The second-order valence-corrected chi connectivity index (χ2v) is 9.78. The fourth-order valence-corrected chi connectivity index (χ4v) is 5.04. The lowest BCUT2D eigenvalue weighted by Crippen LogP contribution is -2.46. The highest BCUT2D eigenvalue weighted by molar-refractivity contribution is 7.98. The Morgan fingerprint density at radius 1 is 0.667 bits per heavy atom. The predicted octanol–water partition coefficient (Wildman–Crippen LogP) is 4.68. The number of amides is 1. The Morgan fingerprint density at radius 3 is 1.61 bits per heavy atom. The maximum absolute atomic E-state index is 13.3. The van der Waals surface area contributed by atoms with Crippen molar-refractivity contribution in [2.75, 3.05) is 5.75 Å². The molecule has 0 fully saturated rings. The summed E-state index contributed by atoms with van der Waals surface area (Å²) in [5.74, 6) is -3.14. The molecule has 0 heterocycles. The van der Waals surface area contributed by atoms with Crippen molar-refractivity contribution in [1.29, 1.82) is 0 Å². The highest BCUT2D eigenvalue weighted by Crippen LogP contribution is 2.23. The van der Waals surface area contributed by atoms with E-state index in [-0.39, 0.29) is 12.2 Å². The van der Waals surface area contributed by atoms with Crippen molar-refractivity contribution in [2.24, 2.45) is 11.8 Å². The van der Waals surface area contributed by atoms with Gasteiger partial charge in [-0.05, 0) is 36.0 Å². The first-order valence-electron chi connectivity index (χ1n) is 11.9. The second kappa shape index (κ2) is 14.1. The summed E-state index contributed by atoms with van der Waals surface area (Å²) >= 11 is 1.43. The monoisotopic (exact) mass is 505 g/mol. The van der Waals surface area contributed by atoms with Gasteiger partial charge in [0.05, 0.1) is 5.92 Å². The number of aliphatic carboxylic acids is 2. The van der Waals surface area contributed by atoms with Crippen LogP contribution in [-0.2, 0) is 33.0 Å². The van der Waals surface area contributed by atoms with E-state index in [1.54, 1.807) is 0 Å². The smallest absolute Gasteiger partial charge is 0.327 e. The largest absolute Gasteiger partial charge is 0.481 e. The Morgan fingerprint density at radius 2 is 1.14 bits per heavy atom. The minimum absolute atomic E-state index is 0.106. The number of carboxylic acids is 2. The molecule has 2 unspecified atom stereocenters. The lowest BCUT2D eigenvalue weighted by molar-refractivity contribution is -0.144. The molecule has 0 saturated carbocycles. The van der Waals surface area contributed by atoms with Crippen molar-refractivity contribution in [3.8, 4) is 0 Å². The van der Waals surface area contributed by atoms with Crippen molar-refractivity contribution >= 4 is 29.6 Å². The van der Waals surface area contributed by atoms with Gasteiger partial charge in [-0.2, -0.15) is 11.8 Å². The van der Waals surface area contributed by atoms with Crippen LogP contribution in [0.1, 0.15) is 23.1 Å². The molecule has 188 valence electrons. The molecular weight excluding hydrogens is 474 g/mol. The van der Waals surface area contributed by atoms with Crippen molar-refractivity contribution in [3.05, 3.63) is 108 Å². The molecule has 0 aromatic heterocycles. The van der Waals surface area contributed by atoms with E-state index in [1.807, 2.05) is 91.0 Å². The molecule has 1 amide bonds. The third-order valence-corrected chi connectivity index (χ3v) is 7.06. The van der Waals surface area contributed by atoms with Crippen LogP contribution in [0.2, 0.25) is 0 Å². The molecule has 0 aliphatic heterocycles. The predicted molar refractivity (Wildman–Crippen MR) is 142 cm³/mol. The third kappa shape index (κ3) is 8.89. The van der Waals surface area contributed by atoms with E-state index in [0.717, 1.165) is 16.7 Å². The minimum atomic E-state index is -1.11. The number of hydrogen-bond acceptors (Lipinski definition) is 4. The number of carbonyl (C=O) groups excluding carboxylic acids is 1. The summed E-state index contributed by atoms with van der Waals surface area (Å²) < 4.78 is 0. The van der Waals surface area contributed by atoms with Crippen LogP contribution in [0.25, 0.3) is 0 Å². The number of thioether (sulfide) groups is 1. The van der Waals surface area contributed by atoms with Gasteiger partial charge in [-0.25, -0.2) is 4.79 Å². The fourth-order valence-electron chi connectivity index (χ4n) is 4.03. The van der Waals surface area contributed by atoms with Crippen molar-refractivity contribution in [3.63, 3.8) is 0 Å². The number of carboxylic acid groups (broad SMARTS) is 2. The number of carbonyl (C=O) groups is 3. The molecule has 0 saturated heterocycles. The van der Waals surface area contributed by atoms with E-state index >= 15 is 0 Å². The van der Waals surface area contributed by atoms with Crippen LogP contribution in [0.5, 0.6) is 0 Å². The first-order valence-corrected chi connectivity index (χ1v) is 13.0. The average molecular weight is 506 g/mol. The second-order valence-electron chi connectivity index (χ2n) is 8.75. The van der Waals surface area contributed by atoms with E-state index in [4.69, 9.17) is 0 Å². The Labute approximate surface area is 215 Å². The van der Waals surface area contributed by atoms with Gasteiger partial charge in [0, 0.05) is 17.4 Å². The molecule has 36 heavy (non-hydrogen) atoms. The summed E-state index contributed by atoms with van der Waals surface area (Å²) in [6.07, 6.45) is 0.729. The van der Waals surface area contributed by atoms with Gasteiger partial charge in [-0.3, -0.25) is 9.59 Å². The zero-order valence-corrected chi connectivity index (χ0v) is 20.8. The average Bonchev–Trinajstić information content (AvgIpc) is 2.88. The van der Waals surface area contributed by atoms with Gasteiger partial charge in [0.25, 0.3) is 0 Å². The van der Waals surface area contributed by atoms with E-state index in [1.165, 1.54) is 11.8 Å². The fraction of sp³-hybridized carbons (Fsp3) is 0.276. The van der Waals surface area contributed by atoms with Gasteiger partial charge in [-0.1, -0.05) is 91.0 Å². The zero-order valence-electron chi connectivity index (χ0n) is 20.0. The normalized spacial score (nSPS) is 13.3. The van der Waals surface area contributed by atoms with Gasteiger partial charge in [-0.15, -0.1) is 0 Å². The van der Waals surface area contributed by atoms with E-state index in [2.05, 4.69) is 5.32 Å². The molecule has 3 atom stereocenters. The molecule has 0 radical (unpaired) electrons. The molecule has 0 bridgehead atoms. The van der Waals surface area contributed by atoms with Crippen LogP contribution in [0.3, 0.4) is 0 Å². The zero-order chi connectivity index (χ0) is 25.8. The summed E-state index contributed by atoms with van der Waals surface area (Å²) in [5, 5.41) is 22.3. The number of rotatable bonds is 14. The van der Waals surface area contributed by atoms with Gasteiger partial charge in [0.2, 0.25) is 5.91 Å². The molecule has 7 heteroatoms. The van der Waals surface area contributed by atoms with Crippen molar-refractivity contribution in [1.82, 2.24) is 5.32 Å². The summed E-state index contributed by atoms with van der Waals surface area (Å²) in [6.45, 7) is 0. The van der Waals surface area contributed by atoms with Crippen LogP contribution in [0.15, 0.2) is 91.0 Å². The van der Waals surface area contributed by atoms with Crippen LogP contribution in [0, 0.1) is 11.8 Å². The van der Waals surface area contributed by atoms with E-state index < -0.39 is 35.7 Å². The maximum atomic E-state index is 13.3. The Hall–Kier alpha value is -3.58. The SMILES string of the molecule is O=C(O)C(Cc1ccccc1)CC(Cc1ccccc1)C(=O)N[C@@H](CSCc1ccccc1)C(=O)O. The van der Waals surface area contributed by atoms with Crippen LogP contribution in [0.4, 0.5) is 0 Å². The molecule has 0 aliphatic carbocycles. The lowest BCUT2D eigenvalue weighted by atomic mass is 9.85. The Balaban J connectivity index is 1.71. The maximum Gasteiger partial charge on any atom is 0.327 e. The van der Waals surface area contributed by atoms with Gasteiger partial charge >= 0.3 is 11.9 Å². The Kier molecular flexibility index (Phi) is 10.6. The third-order valence-electron chi connectivity index (χ3n) is 5.95. The van der Waals surface area contributed by atoms with Crippen LogP contribution >= 0.6 is 11.8 Å². The minimum Gasteiger partial charge on any atom is -0.481 e. The summed E-state index contributed by atoms with van der Waals surface area (Å²) in [5.41, 5.74) is 2.85. The van der Waals surface area contributed by atoms with Crippen molar-refractivity contribution < 1.29 is 24.6 Å². The molecular formula is C29H31NO5S. The number of benzene rings is 3. The van der Waals surface area contributed by atoms with E-state index in [9.17, 15) is 24.6 Å².